The van der Waals surface area contributed by atoms with Gasteiger partial charge in [0, 0.05) is 6.54 Å². The van der Waals surface area contributed by atoms with E-state index in [0.717, 1.165) is 0 Å². The number of nitriles is 1. The Balaban J connectivity index is 2.60. The van der Waals surface area contributed by atoms with Gasteiger partial charge in [0.15, 0.2) is 0 Å². The summed E-state index contributed by atoms with van der Waals surface area (Å²) in [5.41, 5.74) is 0. The lowest BCUT2D eigenvalue weighted by Crippen LogP contribution is -2.33. The second kappa shape index (κ2) is 3.90. The van der Waals surface area contributed by atoms with Crippen molar-refractivity contribution in [3.05, 3.63) is 0 Å². The number of carbonyl (C=O) groups excluding carboxylic acids is 1. The summed E-state index contributed by atoms with van der Waals surface area (Å²) in [6, 6.07) is 1.97. The van der Waals surface area contributed by atoms with Gasteiger partial charge in [-0.1, -0.05) is 0 Å². The summed E-state index contributed by atoms with van der Waals surface area (Å²) in [6.45, 7) is 2.41. The predicted molar refractivity (Wildman–Crippen MR) is 45.2 cm³/mol. The lowest BCUT2D eigenvalue weighted by atomic mass is 10.1. The Morgan fingerprint density at radius 1 is 1.92 bits per heavy atom. The Hall–Kier alpha value is -1.57. The molecule has 0 saturated carbocycles. The Morgan fingerprint density at radius 3 is 3.08 bits per heavy atom. The first kappa shape index (κ1) is 9.52. The lowest BCUT2D eigenvalue weighted by Gasteiger charge is -2.14. The van der Waals surface area contributed by atoms with E-state index in [4.69, 9.17) is 15.4 Å². The van der Waals surface area contributed by atoms with E-state index in [1.165, 1.54) is 4.90 Å². The van der Waals surface area contributed by atoms with Crippen LogP contribution in [0.1, 0.15) is 13.3 Å². The number of nitrogens with one attached hydrogen (secondary N) is 1. The average molecular weight is 181 g/mol. The maximum atomic E-state index is 11.2. The van der Waals surface area contributed by atoms with Crippen molar-refractivity contribution in [2.45, 2.75) is 13.3 Å². The van der Waals surface area contributed by atoms with Crippen molar-refractivity contribution >= 4 is 11.9 Å². The summed E-state index contributed by atoms with van der Waals surface area (Å²) in [6.07, 6.45) is 0.0129. The highest BCUT2D eigenvalue weighted by molar-refractivity contribution is 5.97. The van der Waals surface area contributed by atoms with Gasteiger partial charge in [-0.05, 0) is 13.3 Å². The number of likely N-dealkylation sites (tertiary alicyclic amines) is 1. The standard InChI is InChI=1S/C8H11N3O2/c1-2-13-8(12)11-4-3-6(5-9)7(11)10/h6,10H,2-4H2,1H3. The molecule has 13 heavy (non-hydrogen) atoms. The minimum absolute atomic E-state index is 0.0564. The molecule has 0 spiro atoms. The van der Waals surface area contributed by atoms with Crippen LogP contribution in [0.15, 0.2) is 0 Å². The van der Waals surface area contributed by atoms with E-state index >= 15 is 0 Å². The van der Waals surface area contributed by atoms with Crippen LogP contribution in [0.3, 0.4) is 0 Å². The number of carbonyl (C=O) groups is 1. The summed E-state index contributed by atoms with van der Waals surface area (Å²) in [4.78, 5) is 12.4. The Labute approximate surface area is 76.4 Å². The number of amides is 1. The van der Waals surface area contributed by atoms with Gasteiger partial charge in [-0.3, -0.25) is 10.3 Å². The van der Waals surface area contributed by atoms with Crippen LogP contribution >= 0.6 is 0 Å². The first-order valence-electron chi connectivity index (χ1n) is 4.13. The molecule has 1 aliphatic rings. The van der Waals surface area contributed by atoms with Gasteiger partial charge in [-0.2, -0.15) is 5.26 Å². The molecule has 1 amide bonds. The van der Waals surface area contributed by atoms with Crippen LogP contribution in [-0.4, -0.2) is 30.0 Å². The number of hydrogen-bond donors (Lipinski definition) is 1. The molecule has 1 rings (SSSR count). The molecule has 1 fully saturated rings. The highest BCUT2D eigenvalue weighted by Crippen LogP contribution is 2.17. The van der Waals surface area contributed by atoms with E-state index in [1.807, 2.05) is 6.07 Å². The van der Waals surface area contributed by atoms with Crippen molar-refractivity contribution in [3.8, 4) is 6.07 Å². The number of nitrogens with zero attached hydrogens (tertiary/aromatic N) is 2. The molecule has 1 atom stereocenters. The zero-order valence-electron chi connectivity index (χ0n) is 7.41. The lowest BCUT2D eigenvalue weighted by molar-refractivity contribution is 0.130. The molecule has 1 unspecified atom stereocenters. The minimum atomic E-state index is -0.523. The number of amidine groups is 1. The molecule has 0 bridgehead atoms. The van der Waals surface area contributed by atoms with Gasteiger partial charge in [0.25, 0.3) is 0 Å². The van der Waals surface area contributed by atoms with Crippen LogP contribution in [-0.2, 0) is 4.74 Å². The van der Waals surface area contributed by atoms with E-state index in [9.17, 15) is 4.79 Å². The van der Waals surface area contributed by atoms with Gasteiger partial charge >= 0.3 is 6.09 Å². The SMILES string of the molecule is CCOC(=O)N1CCC(C#N)C1=N. The summed E-state index contributed by atoms with van der Waals surface area (Å²) in [7, 11) is 0. The van der Waals surface area contributed by atoms with Crippen molar-refractivity contribution in [2.75, 3.05) is 13.2 Å². The zero-order valence-corrected chi connectivity index (χ0v) is 7.41. The van der Waals surface area contributed by atoms with Crippen LogP contribution in [0.5, 0.6) is 0 Å². The van der Waals surface area contributed by atoms with Crippen LogP contribution in [0, 0.1) is 22.7 Å². The molecule has 5 nitrogen and oxygen atoms in total. The summed E-state index contributed by atoms with van der Waals surface area (Å²) >= 11 is 0. The summed E-state index contributed by atoms with van der Waals surface area (Å²) in [5, 5.41) is 16.1. The van der Waals surface area contributed by atoms with Gasteiger partial charge < -0.3 is 4.74 Å². The maximum absolute atomic E-state index is 11.2. The van der Waals surface area contributed by atoms with Crippen molar-refractivity contribution in [1.82, 2.24) is 4.90 Å². The summed E-state index contributed by atoms with van der Waals surface area (Å²) < 4.78 is 4.73. The quantitative estimate of drug-likeness (QED) is 0.654. The molecule has 5 heteroatoms. The number of hydrogen-bond acceptors (Lipinski definition) is 4. The van der Waals surface area contributed by atoms with Gasteiger partial charge in [0.2, 0.25) is 0 Å². The fourth-order valence-corrected chi connectivity index (χ4v) is 1.22. The number of ether oxygens (including phenoxy) is 1. The van der Waals surface area contributed by atoms with E-state index in [-0.39, 0.29) is 5.84 Å². The number of rotatable bonds is 1. The van der Waals surface area contributed by atoms with Crippen molar-refractivity contribution in [1.29, 1.82) is 10.7 Å². The molecule has 0 aromatic heterocycles. The van der Waals surface area contributed by atoms with E-state index in [0.29, 0.717) is 19.6 Å². The van der Waals surface area contributed by atoms with Gasteiger partial charge in [-0.25, -0.2) is 4.79 Å². The van der Waals surface area contributed by atoms with Crippen LogP contribution < -0.4 is 0 Å². The van der Waals surface area contributed by atoms with E-state index in [1.54, 1.807) is 6.92 Å². The molecule has 1 heterocycles. The second-order valence-corrected chi connectivity index (χ2v) is 2.71. The normalized spacial score (nSPS) is 21.4. The smallest absolute Gasteiger partial charge is 0.415 e. The molecule has 0 aliphatic carbocycles. The minimum Gasteiger partial charge on any atom is -0.449 e. The van der Waals surface area contributed by atoms with E-state index in [2.05, 4.69) is 0 Å². The highest BCUT2D eigenvalue weighted by atomic mass is 16.6. The topological polar surface area (TPSA) is 77.2 Å². The molecule has 1 aliphatic heterocycles. The third-order valence-electron chi connectivity index (χ3n) is 1.91. The molecule has 0 aromatic carbocycles. The highest BCUT2D eigenvalue weighted by Gasteiger charge is 2.32. The largest absolute Gasteiger partial charge is 0.449 e. The van der Waals surface area contributed by atoms with Crippen LogP contribution in [0.4, 0.5) is 4.79 Å². The first-order chi connectivity index (χ1) is 6.20. The first-order valence-corrected chi connectivity index (χ1v) is 4.13. The monoisotopic (exact) mass is 181 g/mol. The molecule has 0 aromatic rings. The Morgan fingerprint density at radius 2 is 2.62 bits per heavy atom. The fraction of sp³-hybridized carbons (Fsp3) is 0.625. The fourth-order valence-electron chi connectivity index (χ4n) is 1.22. The Bertz CT molecular complexity index is 269. The summed E-state index contributed by atoms with van der Waals surface area (Å²) in [5.74, 6) is -0.398. The molecule has 1 saturated heterocycles. The molecular weight excluding hydrogens is 170 g/mol. The Kier molecular flexibility index (Phi) is 2.85. The molecule has 70 valence electrons. The second-order valence-electron chi connectivity index (χ2n) is 2.71. The van der Waals surface area contributed by atoms with Crippen molar-refractivity contribution in [3.63, 3.8) is 0 Å². The van der Waals surface area contributed by atoms with Gasteiger partial charge in [-0.15, -0.1) is 0 Å². The molecule has 0 radical (unpaired) electrons. The van der Waals surface area contributed by atoms with Crippen molar-refractivity contribution in [2.24, 2.45) is 5.92 Å². The maximum Gasteiger partial charge on any atom is 0.415 e. The average Bonchev–Trinajstić information content (AvgIpc) is 2.47. The zero-order chi connectivity index (χ0) is 9.84. The predicted octanol–water partition coefficient (Wildman–Crippen LogP) is 0.966. The molecule has 1 N–H and O–H groups in total. The van der Waals surface area contributed by atoms with Gasteiger partial charge in [0.05, 0.1) is 12.7 Å². The van der Waals surface area contributed by atoms with E-state index < -0.39 is 12.0 Å². The van der Waals surface area contributed by atoms with Gasteiger partial charge in [0.1, 0.15) is 11.8 Å². The molecular formula is C8H11N3O2. The van der Waals surface area contributed by atoms with Crippen LogP contribution in [0.25, 0.3) is 0 Å². The third-order valence-corrected chi connectivity index (χ3v) is 1.91. The van der Waals surface area contributed by atoms with Crippen LogP contribution in [0.2, 0.25) is 0 Å². The third kappa shape index (κ3) is 1.78. The van der Waals surface area contributed by atoms with Crippen molar-refractivity contribution < 1.29 is 9.53 Å².